The van der Waals surface area contributed by atoms with Crippen molar-refractivity contribution in [3.8, 4) is 17.0 Å². The highest BCUT2D eigenvalue weighted by molar-refractivity contribution is 6.33. The number of halogens is 1. The summed E-state index contributed by atoms with van der Waals surface area (Å²) in [6.45, 7) is 0. The molecule has 6 heteroatoms. The lowest BCUT2D eigenvalue weighted by Crippen LogP contribution is -2.01. The van der Waals surface area contributed by atoms with Gasteiger partial charge in [0.25, 0.3) is 0 Å². The number of hydrogen-bond acceptors (Lipinski definition) is 3. The number of carbonyl (C=O) groups is 1. The second-order valence-electron chi connectivity index (χ2n) is 3.66. The molecule has 2 rings (SSSR count). The lowest BCUT2D eigenvalue weighted by Gasteiger charge is -2.04. The normalized spacial score (nSPS) is 10.3. The molecule has 0 aliphatic carbocycles. The van der Waals surface area contributed by atoms with Gasteiger partial charge in [-0.25, -0.2) is 4.98 Å². The molecule has 94 valence electrons. The number of rotatable bonds is 4. The van der Waals surface area contributed by atoms with Gasteiger partial charge in [-0.3, -0.25) is 4.79 Å². The van der Waals surface area contributed by atoms with E-state index in [-0.39, 0.29) is 6.42 Å². The number of aliphatic carboxylic acids is 1. The first-order valence-electron chi connectivity index (χ1n) is 5.19. The van der Waals surface area contributed by atoms with Gasteiger partial charge in [0.05, 0.1) is 24.0 Å². The maximum Gasteiger partial charge on any atom is 0.311 e. The number of methoxy groups -OCH3 is 1. The van der Waals surface area contributed by atoms with Gasteiger partial charge in [-0.05, 0) is 18.2 Å². The quantitative estimate of drug-likeness (QED) is 0.891. The van der Waals surface area contributed by atoms with Gasteiger partial charge in [0.15, 0.2) is 0 Å². The summed E-state index contributed by atoms with van der Waals surface area (Å²) in [6.07, 6.45) is 1.42. The van der Waals surface area contributed by atoms with E-state index in [1.807, 2.05) is 0 Å². The lowest BCUT2D eigenvalue weighted by molar-refractivity contribution is -0.136. The summed E-state index contributed by atoms with van der Waals surface area (Å²) in [7, 11) is 1.56. The number of aromatic nitrogens is 2. The highest BCUT2D eigenvalue weighted by atomic mass is 35.5. The molecule has 0 unspecified atom stereocenters. The standard InChI is InChI=1S/C12H11ClN2O3/c1-18-7-2-3-8(9(13)4-7)10-6-14-11(15-10)5-12(16)17/h2-4,6H,5H2,1H3,(H,14,15)(H,16,17). The topological polar surface area (TPSA) is 75.2 Å². The van der Waals surface area contributed by atoms with E-state index in [1.165, 1.54) is 0 Å². The molecule has 5 nitrogen and oxygen atoms in total. The van der Waals surface area contributed by atoms with Crippen molar-refractivity contribution >= 4 is 17.6 Å². The van der Waals surface area contributed by atoms with Crippen LogP contribution in [0, 0.1) is 0 Å². The number of nitrogens with one attached hydrogen (secondary N) is 1. The molecule has 1 aromatic heterocycles. The first-order valence-corrected chi connectivity index (χ1v) is 5.57. The maximum atomic E-state index is 10.6. The summed E-state index contributed by atoms with van der Waals surface area (Å²) in [6, 6.07) is 5.26. The summed E-state index contributed by atoms with van der Waals surface area (Å²) >= 11 is 6.11. The summed E-state index contributed by atoms with van der Waals surface area (Å²) in [5, 5.41) is 9.18. The Morgan fingerprint density at radius 3 is 2.94 bits per heavy atom. The maximum absolute atomic E-state index is 10.6. The Balaban J connectivity index is 2.31. The largest absolute Gasteiger partial charge is 0.497 e. The average Bonchev–Trinajstić information content (AvgIpc) is 2.76. The SMILES string of the molecule is COc1ccc(-c2cnc(CC(=O)O)[nH]2)c(Cl)c1. The van der Waals surface area contributed by atoms with Crippen molar-refractivity contribution in [1.29, 1.82) is 0 Å². The van der Waals surface area contributed by atoms with Gasteiger partial charge in [-0.1, -0.05) is 11.6 Å². The van der Waals surface area contributed by atoms with E-state index < -0.39 is 5.97 Å². The number of benzene rings is 1. The van der Waals surface area contributed by atoms with Crippen molar-refractivity contribution < 1.29 is 14.6 Å². The zero-order valence-corrected chi connectivity index (χ0v) is 10.4. The van der Waals surface area contributed by atoms with E-state index in [4.69, 9.17) is 21.4 Å². The molecule has 1 aromatic carbocycles. The number of ether oxygens (including phenoxy) is 1. The van der Waals surface area contributed by atoms with Crippen LogP contribution in [0.5, 0.6) is 5.75 Å². The third kappa shape index (κ3) is 2.62. The van der Waals surface area contributed by atoms with Crippen LogP contribution in [0.3, 0.4) is 0 Å². The van der Waals surface area contributed by atoms with E-state index in [1.54, 1.807) is 31.5 Å². The molecular formula is C12H11ClN2O3. The molecule has 0 radical (unpaired) electrons. The second kappa shape index (κ2) is 5.10. The van der Waals surface area contributed by atoms with Gasteiger partial charge >= 0.3 is 5.97 Å². The number of hydrogen-bond donors (Lipinski definition) is 2. The van der Waals surface area contributed by atoms with Crippen LogP contribution in [-0.2, 0) is 11.2 Å². The molecule has 0 aliphatic rings. The Bertz CT molecular complexity index is 580. The first kappa shape index (κ1) is 12.4. The van der Waals surface area contributed by atoms with Crippen molar-refractivity contribution in [3.05, 3.63) is 35.2 Å². The molecule has 0 saturated heterocycles. The molecule has 0 bridgehead atoms. The molecular weight excluding hydrogens is 256 g/mol. The van der Waals surface area contributed by atoms with Crippen LogP contribution in [0.2, 0.25) is 5.02 Å². The van der Waals surface area contributed by atoms with E-state index >= 15 is 0 Å². The number of imidazole rings is 1. The Morgan fingerprint density at radius 1 is 1.56 bits per heavy atom. The molecule has 2 aromatic rings. The molecule has 1 heterocycles. The van der Waals surface area contributed by atoms with Crippen LogP contribution in [0.15, 0.2) is 24.4 Å². The van der Waals surface area contributed by atoms with Gasteiger partial charge < -0.3 is 14.8 Å². The van der Waals surface area contributed by atoms with E-state index in [2.05, 4.69) is 9.97 Å². The van der Waals surface area contributed by atoms with Crippen molar-refractivity contribution in [1.82, 2.24) is 9.97 Å². The number of nitrogens with zero attached hydrogens (tertiary/aromatic N) is 1. The minimum absolute atomic E-state index is 0.145. The second-order valence-corrected chi connectivity index (χ2v) is 4.07. The van der Waals surface area contributed by atoms with Crippen LogP contribution in [0.25, 0.3) is 11.3 Å². The van der Waals surface area contributed by atoms with Crippen LogP contribution in [-0.4, -0.2) is 28.2 Å². The van der Waals surface area contributed by atoms with Crippen molar-refractivity contribution in [2.75, 3.05) is 7.11 Å². The zero-order valence-electron chi connectivity index (χ0n) is 9.61. The fourth-order valence-electron chi connectivity index (χ4n) is 1.57. The fraction of sp³-hybridized carbons (Fsp3) is 0.167. The summed E-state index contributed by atoms with van der Waals surface area (Å²) < 4.78 is 5.06. The molecule has 0 spiro atoms. The van der Waals surface area contributed by atoms with Gasteiger partial charge in [0.2, 0.25) is 0 Å². The van der Waals surface area contributed by atoms with E-state index in [0.29, 0.717) is 22.3 Å². The Morgan fingerprint density at radius 2 is 2.33 bits per heavy atom. The lowest BCUT2D eigenvalue weighted by atomic mass is 10.1. The van der Waals surface area contributed by atoms with Gasteiger partial charge in [-0.2, -0.15) is 0 Å². The number of carboxylic acids is 1. The molecule has 0 fully saturated rings. The fourth-order valence-corrected chi connectivity index (χ4v) is 1.85. The molecule has 0 saturated carbocycles. The minimum Gasteiger partial charge on any atom is -0.497 e. The average molecular weight is 267 g/mol. The Hall–Kier alpha value is -2.01. The predicted octanol–water partition coefficient (Wildman–Crippen LogP) is 2.37. The van der Waals surface area contributed by atoms with Crippen LogP contribution >= 0.6 is 11.6 Å². The molecule has 2 N–H and O–H groups in total. The zero-order chi connectivity index (χ0) is 13.1. The number of H-pyrrole nitrogens is 1. The molecule has 18 heavy (non-hydrogen) atoms. The monoisotopic (exact) mass is 266 g/mol. The Labute approximate surface area is 108 Å². The molecule has 0 aliphatic heterocycles. The van der Waals surface area contributed by atoms with Crippen molar-refractivity contribution in [2.45, 2.75) is 6.42 Å². The Kier molecular flexibility index (Phi) is 3.53. The summed E-state index contributed by atoms with van der Waals surface area (Å²) in [5.41, 5.74) is 1.43. The highest BCUT2D eigenvalue weighted by Crippen LogP contribution is 2.29. The molecule has 0 amide bonds. The first-order chi connectivity index (χ1) is 8.60. The smallest absolute Gasteiger partial charge is 0.311 e. The van der Waals surface area contributed by atoms with Gasteiger partial charge in [0.1, 0.15) is 18.0 Å². The predicted molar refractivity (Wildman–Crippen MR) is 66.9 cm³/mol. The van der Waals surface area contributed by atoms with Gasteiger partial charge in [-0.15, -0.1) is 0 Å². The van der Waals surface area contributed by atoms with Crippen LogP contribution in [0.4, 0.5) is 0 Å². The van der Waals surface area contributed by atoms with Crippen molar-refractivity contribution in [2.24, 2.45) is 0 Å². The third-order valence-electron chi connectivity index (χ3n) is 2.41. The molecule has 0 atom stereocenters. The number of carboxylic acid groups (broad SMARTS) is 1. The summed E-state index contributed by atoms with van der Waals surface area (Å²) in [4.78, 5) is 17.5. The van der Waals surface area contributed by atoms with Crippen molar-refractivity contribution in [3.63, 3.8) is 0 Å². The van der Waals surface area contributed by atoms with E-state index in [0.717, 1.165) is 5.56 Å². The third-order valence-corrected chi connectivity index (χ3v) is 2.73. The van der Waals surface area contributed by atoms with Crippen LogP contribution in [0.1, 0.15) is 5.82 Å². The van der Waals surface area contributed by atoms with Gasteiger partial charge in [0, 0.05) is 5.56 Å². The van der Waals surface area contributed by atoms with Crippen LogP contribution < -0.4 is 4.74 Å². The number of aromatic amines is 1. The van der Waals surface area contributed by atoms with E-state index in [9.17, 15) is 4.79 Å². The highest BCUT2D eigenvalue weighted by Gasteiger charge is 2.10. The summed E-state index contributed by atoms with van der Waals surface area (Å²) in [5.74, 6) is 0.120. The minimum atomic E-state index is -0.934.